The first kappa shape index (κ1) is 17.7. The normalized spacial score (nSPS) is 20.5. The van der Waals surface area contributed by atoms with Crippen LogP contribution in [0.1, 0.15) is 51.9 Å². The van der Waals surface area contributed by atoms with Gasteiger partial charge >= 0.3 is 5.97 Å². The quantitative estimate of drug-likeness (QED) is 0.495. The maximum absolute atomic E-state index is 12.0. The minimum Gasteiger partial charge on any atom is -0.507 e. The van der Waals surface area contributed by atoms with Crippen molar-refractivity contribution in [1.82, 2.24) is 0 Å². The number of benzene rings is 1. The minimum absolute atomic E-state index is 0.0248. The molecule has 1 aliphatic heterocycles. The van der Waals surface area contributed by atoms with Crippen LogP contribution in [-0.2, 0) is 22.5 Å². The van der Waals surface area contributed by atoms with Crippen molar-refractivity contribution < 1.29 is 19.4 Å². The SMILES string of the molecule is C=Cc1c(C)c2c(c(O)c1CC=C1CCC(C(=S)OC)C1)C(=O)OC2. The summed E-state index contributed by atoms with van der Waals surface area (Å²) in [4.78, 5) is 12.0. The number of cyclic esters (lactones) is 1. The third-order valence-corrected chi connectivity index (χ3v) is 5.71. The summed E-state index contributed by atoms with van der Waals surface area (Å²) in [6, 6.07) is 0. The summed E-state index contributed by atoms with van der Waals surface area (Å²) in [6.07, 6.45) is 7.29. The van der Waals surface area contributed by atoms with Crippen LogP contribution >= 0.6 is 12.2 Å². The van der Waals surface area contributed by atoms with Gasteiger partial charge in [0.1, 0.15) is 17.9 Å². The number of ether oxygens (including phenoxy) is 2. The fourth-order valence-corrected chi connectivity index (χ4v) is 3.97. The van der Waals surface area contributed by atoms with Crippen molar-refractivity contribution in [3.8, 4) is 5.75 Å². The van der Waals surface area contributed by atoms with Gasteiger partial charge in [-0.15, -0.1) is 0 Å². The van der Waals surface area contributed by atoms with Gasteiger partial charge in [-0.05, 0) is 56.0 Å². The number of methoxy groups -OCH3 is 1. The molecule has 0 radical (unpaired) electrons. The van der Waals surface area contributed by atoms with Crippen molar-refractivity contribution in [3.63, 3.8) is 0 Å². The topological polar surface area (TPSA) is 55.8 Å². The zero-order valence-corrected chi connectivity index (χ0v) is 15.4. The Labute approximate surface area is 153 Å². The molecule has 0 bridgehead atoms. The van der Waals surface area contributed by atoms with Crippen LogP contribution in [-0.4, -0.2) is 23.2 Å². The number of phenolic OH excluding ortho intramolecular Hbond substituents is 1. The van der Waals surface area contributed by atoms with E-state index in [9.17, 15) is 9.90 Å². The highest BCUT2D eigenvalue weighted by atomic mass is 32.1. The molecule has 1 atom stereocenters. The number of hydrogen-bond donors (Lipinski definition) is 1. The third-order valence-electron chi connectivity index (χ3n) is 5.21. The molecular formula is C20H22O4S. The van der Waals surface area contributed by atoms with Gasteiger partial charge in [0.15, 0.2) is 5.05 Å². The molecule has 4 nitrogen and oxygen atoms in total. The summed E-state index contributed by atoms with van der Waals surface area (Å²) >= 11 is 5.24. The van der Waals surface area contributed by atoms with E-state index < -0.39 is 5.97 Å². The molecule has 0 aromatic heterocycles. The molecule has 0 spiro atoms. The van der Waals surface area contributed by atoms with Crippen molar-refractivity contribution in [3.05, 3.63) is 46.0 Å². The maximum atomic E-state index is 12.0. The van der Waals surface area contributed by atoms with Gasteiger partial charge in [-0.3, -0.25) is 0 Å². The summed E-state index contributed by atoms with van der Waals surface area (Å²) in [6.45, 7) is 6.03. The average Bonchev–Trinajstić information content (AvgIpc) is 3.23. The van der Waals surface area contributed by atoms with Crippen LogP contribution in [0, 0.1) is 12.8 Å². The van der Waals surface area contributed by atoms with Crippen LogP contribution in [0.15, 0.2) is 18.2 Å². The van der Waals surface area contributed by atoms with Crippen molar-refractivity contribution in [1.29, 1.82) is 0 Å². The van der Waals surface area contributed by atoms with Crippen LogP contribution in [0.25, 0.3) is 6.08 Å². The molecule has 0 amide bonds. The fraction of sp³-hybridized carbons (Fsp3) is 0.400. The molecule has 1 saturated carbocycles. The second-order valence-corrected chi connectivity index (χ2v) is 6.93. The zero-order valence-electron chi connectivity index (χ0n) is 14.6. The number of carbonyl (C=O) groups is 1. The van der Waals surface area contributed by atoms with Gasteiger partial charge in [0.05, 0.1) is 7.11 Å². The highest BCUT2D eigenvalue weighted by Gasteiger charge is 2.31. The van der Waals surface area contributed by atoms with E-state index in [1.54, 1.807) is 13.2 Å². The largest absolute Gasteiger partial charge is 0.507 e. The number of esters is 1. The molecule has 1 aliphatic carbocycles. The van der Waals surface area contributed by atoms with Gasteiger partial charge in [-0.2, -0.15) is 0 Å². The molecule has 0 saturated heterocycles. The number of rotatable bonds is 4. The summed E-state index contributed by atoms with van der Waals surface area (Å²) < 4.78 is 10.3. The number of carbonyl (C=O) groups excluding carboxylic acids is 1. The first-order valence-corrected chi connectivity index (χ1v) is 8.81. The second-order valence-electron chi connectivity index (χ2n) is 6.53. The third kappa shape index (κ3) is 3.09. The highest BCUT2D eigenvalue weighted by Crippen LogP contribution is 2.39. The number of fused-ring (bicyclic) bond motifs is 1. The fourth-order valence-electron chi connectivity index (χ4n) is 3.77. The smallest absolute Gasteiger partial charge is 0.342 e. The van der Waals surface area contributed by atoms with Gasteiger partial charge in [0.2, 0.25) is 0 Å². The van der Waals surface area contributed by atoms with E-state index in [-0.39, 0.29) is 18.3 Å². The monoisotopic (exact) mass is 358 g/mol. The van der Waals surface area contributed by atoms with Gasteiger partial charge in [-0.1, -0.05) is 24.3 Å². The Bertz CT molecular complexity index is 792. The molecule has 1 unspecified atom stereocenters. The molecular weight excluding hydrogens is 336 g/mol. The molecule has 25 heavy (non-hydrogen) atoms. The number of aromatic hydroxyl groups is 1. The van der Waals surface area contributed by atoms with E-state index in [0.29, 0.717) is 17.0 Å². The molecule has 1 heterocycles. The van der Waals surface area contributed by atoms with Crippen molar-refractivity contribution in [2.75, 3.05) is 7.11 Å². The predicted molar refractivity (Wildman–Crippen MR) is 101 cm³/mol. The van der Waals surface area contributed by atoms with Crippen molar-refractivity contribution in [2.45, 2.75) is 39.2 Å². The molecule has 132 valence electrons. The Morgan fingerprint density at radius 3 is 2.96 bits per heavy atom. The first-order chi connectivity index (χ1) is 12.0. The average molecular weight is 358 g/mol. The molecule has 1 N–H and O–H groups in total. The van der Waals surface area contributed by atoms with E-state index in [2.05, 4.69) is 12.7 Å². The standard InChI is InChI=1S/C20H22O4S/c1-4-14-11(2)16-10-24-19(22)17(16)18(21)15(14)8-6-12-5-7-13(9-12)20(25)23-3/h4,6,13,21H,1,5,7-10H2,2-3H3. The summed E-state index contributed by atoms with van der Waals surface area (Å²) in [5.74, 6) is -0.140. The Kier molecular flexibility index (Phi) is 4.95. The Morgan fingerprint density at radius 1 is 1.52 bits per heavy atom. The van der Waals surface area contributed by atoms with Crippen LogP contribution in [0.3, 0.4) is 0 Å². The first-order valence-electron chi connectivity index (χ1n) is 8.40. The molecule has 3 rings (SSSR count). The van der Waals surface area contributed by atoms with Crippen LogP contribution < -0.4 is 0 Å². The summed E-state index contributed by atoms with van der Waals surface area (Å²) in [7, 11) is 1.62. The van der Waals surface area contributed by atoms with Gasteiger partial charge < -0.3 is 14.6 Å². The highest BCUT2D eigenvalue weighted by molar-refractivity contribution is 7.80. The van der Waals surface area contributed by atoms with Crippen LogP contribution in [0.5, 0.6) is 5.75 Å². The maximum Gasteiger partial charge on any atom is 0.342 e. The van der Waals surface area contributed by atoms with E-state index in [0.717, 1.165) is 41.5 Å². The van der Waals surface area contributed by atoms with Crippen LogP contribution in [0.2, 0.25) is 0 Å². The molecule has 1 fully saturated rings. The van der Waals surface area contributed by atoms with E-state index >= 15 is 0 Å². The molecule has 5 heteroatoms. The lowest BCUT2D eigenvalue weighted by Gasteiger charge is -2.14. The van der Waals surface area contributed by atoms with E-state index in [1.165, 1.54) is 5.57 Å². The summed E-state index contributed by atoms with van der Waals surface area (Å²) in [5, 5.41) is 11.3. The number of phenols is 1. The number of hydrogen-bond acceptors (Lipinski definition) is 5. The second kappa shape index (κ2) is 7.00. The van der Waals surface area contributed by atoms with Crippen molar-refractivity contribution >= 4 is 29.3 Å². The molecule has 2 aliphatic rings. The Hall–Kier alpha value is -2.14. The molecule has 1 aromatic rings. The lowest BCUT2D eigenvalue weighted by Crippen LogP contribution is -2.09. The number of thiocarbonyl (C=S) groups is 1. The zero-order chi connectivity index (χ0) is 18.1. The molecule has 1 aromatic carbocycles. The Morgan fingerprint density at radius 2 is 2.28 bits per heavy atom. The lowest BCUT2D eigenvalue weighted by molar-refractivity contribution is 0.0533. The lowest BCUT2D eigenvalue weighted by atomic mass is 9.90. The van der Waals surface area contributed by atoms with Gasteiger partial charge in [0.25, 0.3) is 0 Å². The van der Waals surface area contributed by atoms with E-state index in [1.807, 2.05) is 6.92 Å². The summed E-state index contributed by atoms with van der Waals surface area (Å²) in [5.41, 5.74) is 4.94. The number of allylic oxidation sites excluding steroid dienone is 2. The van der Waals surface area contributed by atoms with Gasteiger partial charge in [-0.25, -0.2) is 4.79 Å². The van der Waals surface area contributed by atoms with Gasteiger partial charge in [0, 0.05) is 17.0 Å². The van der Waals surface area contributed by atoms with Crippen LogP contribution in [0.4, 0.5) is 0 Å². The Balaban J connectivity index is 1.91. The van der Waals surface area contributed by atoms with E-state index in [4.69, 9.17) is 21.7 Å². The predicted octanol–water partition coefficient (Wildman–Crippen LogP) is 4.26. The van der Waals surface area contributed by atoms with Crippen molar-refractivity contribution in [2.24, 2.45) is 5.92 Å². The minimum atomic E-state index is -0.452.